The molecule has 4 heterocycles. The first kappa shape index (κ1) is 22.5. The quantitative estimate of drug-likeness (QED) is 0.407. The number of pyridine rings is 1. The SMILES string of the molecule is CN1C=CC=C(c2sc3c4c(ccc3c2-c2cccnc2)C2=C(N=CCN2)C2=C(C=CCC2)C4(C)C)C1. The number of thiophene rings is 1. The van der Waals surface area contributed by atoms with E-state index < -0.39 is 0 Å². The maximum atomic E-state index is 4.97. The zero-order chi connectivity index (χ0) is 25.1. The van der Waals surface area contributed by atoms with Crippen molar-refractivity contribution in [3.8, 4) is 11.1 Å². The molecule has 0 atom stereocenters. The zero-order valence-electron chi connectivity index (χ0n) is 21.5. The van der Waals surface area contributed by atoms with Crippen LogP contribution < -0.4 is 5.32 Å². The van der Waals surface area contributed by atoms with E-state index in [1.54, 1.807) is 0 Å². The Bertz CT molecular complexity index is 1630. The van der Waals surface area contributed by atoms with Crippen LogP contribution in [0.15, 0.2) is 89.0 Å². The molecule has 0 amide bonds. The molecule has 0 bridgehead atoms. The maximum absolute atomic E-state index is 4.97. The molecular weight excluding hydrogens is 472 g/mol. The lowest BCUT2D eigenvalue weighted by Gasteiger charge is -2.31. The van der Waals surface area contributed by atoms with Crippen LogP contribution in [0, 0.1) is 0 Å². The molecule has 3 aromatic rings. The van der Waals surface area contributed by atoms with E-state index in [-0.39, 0.29) is 5.41 Å². The number of likely N-dealkylation sites (N-methyl/N-ethyl adjacent to an activating group) is 1. The van der Waals surface area contributed by atoms with Gasteiger partial charge in [-0.15, -0.1) is 11.3 Å². The number of aliphatic imine (C=N–C) groups is 1. The lowest BCUT2D eigenvalue weighted by molar-refractivity contribution is 0.513. The fraction of sp³-hybridized carbons (Fsp3) is 0.250. The standard InChI is InChI=1S/C32H30N4S/c1-32(2)25-11-5-4-10-22(25)28-29(35-16-15-34-28)24-13-12-23-26(20-8-6-14-33-18-20)30(37-31(23)27(24)32)21-9-7-17-36(3)19-21/h5-9,11-15,17-18,35H,4,10,16,19H2,1-3H3. The average Bonchev–Trinajstić information content (AvgIpc) is 3.29. The molecule has 4 aliphatic rings. The van der Waals surface area contributed by atoms with Crippen LogP contribution in [0.4, 0.5) is 0 Å². The number of aromatic nitrogens is 1. The van der Waals surface area contributed by atoms with Crippen molar-refractivity contribution < 1.29 is 0 Å². The third-order valence-corrected chi connectivity index (χ3v) is 9.31. The highest BCUT2D eigenvalue weighted by Gasteiger charge is 2.38. The first-order chi connectivity index (χ1) is 18.0. The van der Waals surface area contributed by atoms with Crippen molar-refractivity contribution in [3.05, 3.63) is 100 Å². The van der Waals surface area contributed by atoms with Gasteiger partial charge in [-0.3, -0.25) is 9.98 Å². The van der Waals surface area contributed by atoms with Gasteiger partial charge in [-0.2, -0.15) is 0 Å². The predicted octanol–water partition coefficient (Wildman–Crippen LogP) is 7.09. The van der Waals surface area contributed by atoms with Gasteiger partial charge >= 0.3 is 0 Å². The summed E-state index contributed by atoms with van der Waals surface area (Å²) in [5, 5.41) is 5.02. The van der Waals surface area contributed by atoms with E-state index in [0.717, 1.165) is 31.6 Å². The van der Waals surface area contributed by atoms with Gasteiger partial charge < -0.3 is 10.2 Å². The summed E-state index contributed by atoms with van der Waals surface area (Å²) in [5.74, 6) is 0. The van der Waals surface area contributed by atoms with E-state index in [9.17, 15) is 0 Å². The van der Waals surface area contributed by atoms with Gasteiger partial charge in [0, 0.05) is 69.3 Å². The number of fused-ring (bicyclic) bond motifs is 5. The van der Waals surface area contributed by atoms with Crippen LogP contribution in [0.3, 0.4) is 0 Å². The molecule has 5 heteroatoms. The maximum Gasteiger partial charge on any atom is 0.0899 e. The summed E-state index contributed by atoms with van der Waals surface area (Å²) in [4.78, 5) is 13.1. The molecule has 0 saturated heterocycles. The Morgan fingerprint density at radius 1 is 1.16 bits per heavy atom. The van der Waals surface area contributed by atoms with Crippen molar-refractivity contribution >= 4 is 38.9 Å². The summed E-state index contributed by atoms with van der Waals surface area (Å²) in [6, 6.07) is 8.91. The molecule has 0 saturated carbocycles. The van der Waals surface area contributed by atoms with Gasteiger partial charge in [-0.05, 0) is 53.5 Å². The Hall–Kier alpha value is -3.70. The van der Waals surface area contributed by atoms with Gasteiger partial charge in [0.15, 0.2) is 0 Å². The highest BCUT2D eigenvalue weighted by atomic mass is 32.1. The van der Waals surface area contributed by atoms with Crippen LogP contribution in [0.5, 0.6) is 0 Å². The summed E-state index contributed by atoms with van der Waals surface area (Å²) in [6.45, 7) is 6.46. The van der Waals surface area contributed by atoms with Crippen LogP contribution >= 0.6 is 11.3 Å². The van der Waals surface area contributed by atoms with E-state index >= 15 is 0 Å². The minimum absolute atomic E-state index is 0.165. The van der Waals surface area contributed by atoms with Crippen molar-refractivity contribution in [1.29, 1.82) is 0 Å². The van der Waals surface area contributed by atoms with Gasteiger partial charge in [-0.25, -0.2) is 0 Å². The van der Waals surface area contributed by atoms with Gasteiger partial charge in [0.05, 0.1) is 17.9 Å². The highest BCUT2D eigenvalue weighted by Crippen LogP contribution is 2.53. The van der Waals surface area contributed by atoms with Crippen molar-refractivity contribution in [2.75, 3.05) is 20.1 Å². The molecule has 0 unspecified atom stereocenters. The molecule has 0 fully saturated rings. The molecule has 184 valence electrons. The van der Waals surface area contributed by atoms with Crippen LogP contribution in [-0.2, 0) is 5.41 Å². The highest BCUT2D eigenvalue weighted by molar-refractivity contribution is 7.21. The number of nitrogens with zero attached hydrogens (tertiary/aromatic N) is 3. The van der Waals surface area contributed by atoms with E-state index in [2.05, 4.69) is 84.8 Å². The number of allylic oxidation sites excluding steroid dienone is 6. The molecule has 2 aliphatic carbocycles. The van der Waals surface area contributed by atoms with Crippen LogP contribution in [0.25, 0.3) is 32.5 Å². The smallest absolute Gasteiger partial charge is 0.0899 e. The molecule has 1 N–H and O–H groups in total. The fourth-order valence-electron chi connectivity index (χ4n) is 6.36. The number of nitrogens with one attached hydrogen (secondary N) is 1. The number of hydrogen-bond acceptors (Lipinski definition) is 5. The summed E-state index contributed by atoms with van der Waals surface area (Å²) >= 11 is 1.94. The summed E-state index contributed by atoms with van der Waals surface area (Å²) in [5.41, 5.74) is 11.4. The van der Waals surface area contributed by atoms with E-state index in [1.165, 1.54) is 59.6 Å². The molecule has 1 aromatic carbocycles. The second-order valence-corrected chi connectivity index (χ2v) is 11.8. The lowest BCUT2D eigenvalue weighted by atomic mass is 9.72. The Labute approximate surface area is 222 Å². The van der Waals surface area contributed by atoms with Gasteiger partial charge in [0.25, 0.3) is 0 Å². The Morgan fingerprint density at radius 2 is 2.08 bits per heavy atom. The third-order valence-electron chi connectivity index (χ3n) is 8.01. The first-order valence-electron chi connectivity index (χ1n) is 13.0. The van der Waals surface area contributed by atoms with Crippen LogP contribution in [0.2, 0.25) is 0 Å². The molecule has 0 radical (unpaired) electrons. The van der Waals surface area contributed by atoms with E-state index in [1.807, 2.05) is 36.0 Å². The first-order valence-corrected chi connectivity index (χ1v) is 13.9. The zero-order valence-corrected chi connectivity index (χ0v) is 22.3. The molecule has 4 nitrogen and oxygen atoms in total. The lowest BCUT2D eigenvalue weighted by Crippen LogP contribution is -2.23. The molecule has 0 spiro atoms. The molecule has 2 aromatic heterocycles. The predicted molar refractivity (Wildman–Crippen MR) is 157 cm³/mol. The largest absolute Gasteiger partial charge is 0.378 e. The molecular formula is C32H30N4S. The average molecular weight is 503 g/mol. The van der Waals surface area contributed by atoms with Gasteiger partial charge in [-0.1, -0.05) is 50.3 Å². The topological polar surface area (TPSA) is 40.5 Å². The van der Waals surface area contributed by atoms with E-state index in [0.29, 0.717) is 0 Å². The van der Waals surface area contributed by atoms with Gasteiger partial charge in [0.1, 0.15) is 0 Å². The number of benzene rings is 1. The van der Waals surface area contributed by atoms with E-state index in [4.69, 9.17) is 4.99 Å². The van der Waals surface area contributed by atoms with Crippen molar-refractivity contribution in [2.24, 2.45) is 4.99 Å². The minimum Gasteiger partial charge on any atom is -0.378 e. The second kappa shape index (κ2) is 8.42. The number of rotatable bonds is 2. The Morgan fingerprint density at radius 3 is 2.92 bits per heavy atom. The van der Waals surface area contributed by atoms with Crippen molar-refractivity contribution in [2.45, 2.75) is 32.1 Å². The fourth-order valence-corrected chi connectivity index (χ4v) is 7.90. The summed E-state index contributed by atoms with van der Waals surface area (Å²) in [7, 11) is 2.14. The van der Waals surface area contributed by atoms with Crippen LogP contribution in [0.1, 0.15) is 42.7 Å². The monoisotopic (exact) mass is 502 g/mol. The van der Waals surface area contributed by atoms with Crippen LogP contribution in [-0.4, -0.2) is 36.2 Å². The second-order valence-electron chi connectivity index (χ2n) is 10.7. The molecule has 7 rings (SSSR count). The molecule has 2 aliphatic heterocycles. The third kappa shape index (κ3) is 3.41. The van der Waals surface area contributed by atoms with Crippen molar-refractivity contribution in [3.63, 3.8) is 0 Å². The summed E-state index contributed by atoms with van der Waals surface area (Å²) in [6.07, 6.45) is 19.3. The van der Waals surface area contributed by atoms with Gasteiger partial charge in [0.2, 0.25) is 0 Å². The van der Waals surface area contributed by atoms with Crippen molar-refractivity contribution in [1.82, 2.24) is 15.2 Å². The Kier molecular flexibility index (Phi) is 5.12. The number of hydrogen-bond donors (Lipinski definition) is 1. The normalized spacial score (nSPS) is 19.9. The molecule has 37 heavy (non-hydrogen) atoms. The summed E-state index contributed by atoms with van der Waals surface area (Å²) < 4.78 is 1.37. The Balaban J connectivity index is 1.59. The minimum atomic E-state index is -0.165.